The predicted molar refractivity (Wildman–Crippen MR) is 139 cm³/mol. The van der Waals surface area contributed by atoms with Gasteiger partial charge in [-0.2, -0.15) is 0 Å². The largest absolute Gasteiger partial charge is 0.465 e. The quantitative estimate of drug-likeness (QED) is 0.192. The number of thioether (sulfide) groups is 1. The molecule has 178 valence electrons. The summed E-state index contributed by atoms with van der Waals surface area (Å²) >= 11 is 2.54. The van der Waals surface area contributed by atoms with Crippen LogP contribution in [-0.4, -0.2) is 44.5 Å². The van der Waals surface area contributed by atoms with E-state index in [0.717, 1.165) is 22.3 Å². The number of carbonyl (C=O) groups is 2. The molecule has 1 aromatic carbocycles. The van der Waals surface area contributed by atoms with E-state index in [4.69, 9.17) is 4.74 Å². The van der Waals surface area contributed by atoms with Crippen LogP contribution in [0.5, 0.6) is 0 Å². The number of ether oxygens (including phenoxy) is 1. The third-order valence-corrected chi connectivity index (χ3v) is 6.96. The summed E-state index contributed by atoms with van der Waals surface area (Å²) < 4.78 is 6.88. The number of aryl methyl sites for hydroxylation is 1. The Labute approximate surface area is 211 Å². The van der Waals surface area contributed by atoms with Gasteiger partial charge in [-0.1, -0.05) is 47.7 Å². The molecule has 4 rings (SSSR count). The molecule has 3 aromatic heterocycles. The lowest BCUT2D eigenvalue weighted by atomic mass is 10.0. The van der Waals surface area contributed by atoms with Crippen LogP contribution in [0.15, 0.2) is 72.0 Å². The van der Waals surface area contributed by atoms with Gasteiger partial charge in [-0.05, 0) is 24.6 Å². The van der Waals surface area contributed by atoms with E-state index in [9.17, 15) is 9.59 Å². The van der Waals surface area contributed by atoms with E-state index < -0.39 is 5.97 Å². The highest BCUT2D eigenvalue weighted by Crippen LogP contribution is 2.36. The van der Waals surface area contributed by atoms with E-state index in [2.05, 4.69) is 27.1 Å². The number of allylic oxidation sites excluding steroid dienone is 1. The van der Waals surface area contributed by atoms with Crippen molar-refractivity contribution < 1.29 is 14.3 Å². The fourth-order valence-electron chi connectivity index (χ4n) is 3.40. The molecule has 0 unspecified atom stereocenters. The van der Waals surface area contributed by atoms with Gasteiger partial charge in [0.05, 0.1) is 12.9 Å². The molecular weight excluding hydrogens is 482 g/mol. The Morgan fingerprint density at radius 2 is 1.89 bits per heavy atom. The maximum Gasteiger partial charge on any atom is 0.341 e. The average Bonchev–Trinajstić information content (AvgIpc) is 3.47. The number of nitrogens with one attached hydrogen (secondary N) is 1. The molecule has 0 spiro atoms. The van der Waals surface area contributed by atoms with Crippen LogP contribution < -0.4 is 5.32 Å². The number of amides is 1. The Balaban J connectivity index is 1.52. The molecular formula is C25H23N5O3S2. The van der Waals surface area contributed by atoms with Crippen LogP contribution in [0, 0.1) is 6.92 Å². The molecule has 3 heterocycles. The minimum absolute atomic E-state index is 0.0873. The summed E-state index contributed by atoms with van der Waals surface area (Å²) in [5.74, 6) is -0.0120. The number of benzene rings is 1. The second-order valence-electron chi connectivity index (χ2n) is 7.49. The van der Waals surface area contributed by atoms with Gasteiger partial charge in [-0.25, -0.2) is 4.79 Å². The summed E-state index contributed by atoms with van der Waals surface area (Å²) in [5, 5.41) is 14.3. The molecule has 4 aromatic rings. The predicted octanol–water partition coefficient (Wildman–Crippen LogP) is 5.08. The van der Waals surface area contributed by atoms with Gasteiger partial charge in [0.2, 0.25) is 5.91 Å². The van der Waals surface area contributed by atoms with Crippen molar-refractivity contribution in [1.29, 1.82) is 0 Å². The van der Waals surface area contributed by atoms with Crippen molar-refractivity contribution in [3.63, 3.8) is 0 Å². The highest BCUT2D eigenvalue weighted by atomic mass is 32.2. The van der Waals surface area contributed by atoms with Gasteiger partial charge < -0.3 is 10.1 Å². The number of methoxy groups -OCH3 is 1. The monoisotopic (exact) mass is 505 g/mol. The zero-order chi connectivity index (χ0) is 24.8. The third-order valence-electron chi connectivity index (χ3n) is 5.10. The molecule has 1 amide bonds. The van der Waals surface area contributed by atoms with Crippen LogP contribution in [0.2, 0.25) is 0 Å². The summed E-state index contributed by atoms with van der Waals surface area (Å²) in [6.45, 7) is 6.30. The van der Waals surface area contributed by atoms with Gasteiger partial charge in [-0.3, -0.25) is 14.3 Å². The highest BCUT2D eigenvalue weighted by Gasteiger charge is 2.23. The fraction of sp³-hybridized carbons (Fsp3) is 0.160. The average molecular weight is 506 g/mol. The Kier molecular flexibility index (Phi) is 7.74. The summed E-state index contributed by atoms with van der Waals surface area (Å²) in [6.07, 6.45) is 5.12. The van der Waals surface area contributed by atoms with Crippen LogP contribution in [-0.2, 0) is 16.1 Å². The molecule has 0 saturated carbocycles. The number of aromatic nitrogens is 4. The fourth-order valence-corrected chi connectivity index (χ4v) is 5.12. The number of hydrogen-bond acceptors (Lipinski definition) is 8. The second-order valence-corrected chi connectivity index (χ2v) is 9.31. The standard InChI is InChI=1S/C25H23N5O3S2/c1-4-13-30-22(18-9-11-26-12-10-18)28-29-25(30)35-15-20(31)27-23-21(24(32)33-3)19(14-34-23)17-7-5-16(2)6-8-17/h4-12,14H,1,13,15H2,2-3H3,(H,27,31). The first kappa shape index (κ1) is 24.4. The van der Waals surface area contributed by atoms with E-state index in [1.807, 2.05) is 53.3 Å². The Hall–Kier alpha value is -3.76. The number of rotatable bonds is 9. The molecule has 35 heavy (non-hydrogen) atoms. The number of thiophene rings is 1. The normalized spacial score (nSPS) is 10.7. The van der Waals surface area contributed by atoms with E-state index in [0.29, 0.717) is 28.1 Å². The number of hydrogen-bond donors (Lipinski definition) is 1. The van der Waals surface area contributed by atoms with Crippen molar-refractivity contribution in [2.45, 2.75) is 18.6 Å². The number of pyridine rings is 1. The van der Waals surface area contributed by atoms with Crippen LogP contribution in [0.3, 0.4) is 0 Å². The van der Waals surface area contributed by atoms with Crippen molar-refractivity contribution in [2.24, 2.45) is 0 Å². The molecule has 0 fully saturated rings. The van der Waals surface area contributed by atoms with Gasteiger partial charge in [0.1, 0.15) is 10.6 Å². The van der Waals surface area contributed by atoms with Gasteiger partial charge in [-0.15, -0.1) is 28.1 Å². The van der Waals surface area contributed by atoms with Crippen LogP contribution in [0.1, 0.15) is 15.9 Å². The van der Waals surface area contributed by atoms with Crippen molar-refractivity contribution in [3.8, 4) is 22.5 Å². The van der Waals surface area contributed by atoms with Gasteiger partial charge >= 0.3 is 5.97 Å². The second kappa shape index (κ2) is 11.1. The van der Waals surface area contributed by atoms with E-state index in [-0.39, 0.29) is 11.7 Å². The SMILES string of the molecule is C=CCn1c(SCC(=O)Nc2scc(-c3ccc(C)cc3)c2C(=O)OC)nnc1-c1ccncc1. The smallest absolute Gasteiger partial charge is 0.341 e. The molecule has 0 bridgehead atoms. The van der Waals surface area contributed by atoms with Crippen LogP contribution in [0.25, 0.3) is 22.5 Å². The molecule has 1 N–H and O–H groups in total. The Bertz CT molecular complexity index is 1350. The van der Waals surface area contributed by atoms with Crippen molar-refractivity contribution in [2.75, 3.05) is 18.2 Å². The van der Waals surface area contributed by atoms with Gasteiger partial charge in [0.25, 0.3) is 0 Å². The lowest BCUT2D eigenvalue weighted by Gasteiger charge is -2.09. The number of carbonyl (C=O) groups excluding carboxylic acids is 2. The van der Waals surface area contributed by atoms with Gasteiger partial charge in [0.15, 0.2) is 11.0 Å². The van der Waals surface area contributed by atoms with Crippen molar-refractivity contribution in [1.82, 2.24) is 19.7 Å². The Morgan fingerprint density at radius 3 is 2.57 bits per heavy atom. The molecule has 0 radical (unpaired) electrons. The molecule has 8 nitrogen and oxygen atoms in total. The summed E-state index contributed by atoms with van der Waals surface area (Å²) in [5.41, 5.74) is 3.93. The molecule has 0 saturated heterocycles. The van der Waals surface area contributed by atoms with E-state index in [1.54, 1.807) is 18.5 Å². The zero-order valence-electron chi connectivity index (χ0n) is 19.2. The first-order chi connectivity index (χ1) is 17.0. The first-order valence-electron chi connectivity index (χ1n) is 10.7. The lowest BCUT2D eigenvalue weighted by Crippen LogP contribution is -2.16. The maximum atomic E-state index is 12.8. The number of anilines is 1. The number of esters is 1. The highest BCUT2D eigenvalue weighted by molar-refractivity contribution is 7.99. The topological polar surface area (TPSA) is 99.0 Å². The summed E-state index contributed by atoms with van der Waals surface area (Å²) in [4.78, 5) is 29.4. The van der Waals surface area contributed by atoms with Crippen LogP contribution >= 0.6 is 23.1 Å². The molecule has 10 heteroatoms. The molecule has 0 aliphatic carbocycles. The lowest BCUT2D eigenvalue weighted by molar-refractivity contribution is -0.113. The molecule has 0 atom stereocenters. The molecule has 0 aliphatic rings. The minimum atomic E-state index is -0.502. The Morgan fingerprint density at radius 1 is 1.14 bits per heavy atom. The van der Waals surface area contributed by atoms with Crippen molar-refractivity contribution in [3.05, 3.63) is 78.0 Å². The van der Waals surface area contributed by atoms with Crippen LogP contribution in [0.4, 0.5) is 5.00 Å². The van der Waals surface area contributed by atoms with Crippen molar-refractivity contribution >= 4 is 40.0 Å². The number of nitrogens with zero attached hydrogens (tertiary/aromatic N) is 4. The maximum absolute atomic E-state index is 12.8. The van der Waals surface area contributed by atoms with E-state index in [1.165, 1.54) is 30.2 Å². The van der Waals surface area contributed by atoms with E-state index >= 15 is 0 Å². The summed E-state index contributed by atoms with van der Waals surface area (Å²) in [7, 11) is 1.33. The molecule has 0 aliphatic heterocycles. The first-order valence-corrected chi connectivity index (χ1v) is 12.5. The zero-order valence-corrected chi connectivity index (χ0v) is 20.9. The minimum Gasteiger partial charge on any atom is -0.465 e. The van der Waals surface area contributed by atoms with Gasteiger partial charge in [0, 0.05) is 35.4 Å². The summed E-state index contributed by atoms with van der Waals surface area (Å²) in [6, 6.07) is 11.5. The third kappa shape index (κ3) is 5.50.